The first-order valence-corrected chi connectivity index (χ1v) is 5.38. The van der Waals surface area contributed by atoms with E-state index in [9.17, 15) is 0 Å². The maximum Gasteiger partial charge on any atom is 0.112 e. The Hall–Kier alpha value is -0.380. The molecular formula is C9H13ClN2S. The highest BCUT2D eigenvalue weighted by Crippen LogP contribution is 2.21. The smallest absolute Gasteiger partial charge is 0.112 e. The first kappa shape index (κ1) is 10.7. The van der Waals surface area contributed by atoms with Gasteiger partial charge in [-0.3, -0.25) is 0 Å². The van der Waals surface area contributed by atoms with Crippen LogP contribution in [0, 0.1) is 0 Å². The predicted molar refractivity (Wildman–Crippen MR) is 58.1 cm³/mol. The number of hydrogen-bond donors (Lipinski definition) is 1. The van der Waals surface area contributed by atoms with Gasteiger partial charge in [0.1, 0.15) is 5.01 Å². The van der Waals surface area contributed by atoms with Crippen LogP contribution in [-0.4, -0.2) is 11.5 Å². The summed E-state index contributed by atoms with van der Waals surface area (Å²) in [5.74, 6) is 0. The topological polar surface area (TPSA) is 24.9 Å². The van der Waals surface area contributed by atoms with Crippen molar-refractivity contribution in [2.24, 2.45) is 0 Å². The summed E-state index contributed by atoms with van der Waals surface area (Å²) in [6.45, 7) is 4.97. The second kappa shape index (κ2) is 4.74. The minimum Gasteiger partial charge on any atom is -0.302 e. The molecule has 0 bridgehead atoms. The normalized spacial score (nSPS) is 12.5. The molecule has 1 rings (SSSR count). The largest absolute Gasteiger partial charge is 0.302 e. The lowest BCUT2D eigenvalue weighted by Crippen LogP contribution is -2.36. The van der Waals surface area contributed by atoms with Crippen LogP contribution >= 0.6 is 22.9 Å². The molecular weight excluding hydrogens is 204 g/mol. The SMILES string of the molecule is CC(C)(NC/C=C/Cl)c1nccs1. The molecule has 1 aromatic heterocycles. The van der Waals surface area contributed by atoms with E-state index >= 15 is 0 Å². The van der Waals surface area contributed by atoms with Crippen molar-refractivity contribution < 1.29 is 0 Å². The summed E-state index contributed by atoms with van der Waals surface area (Å²) in [7, 11) is 0. The molecule has 0 saturated heterocycles. The van der Waals surface area contributed by atoms with Crippen LogP contribution in [0.4, 0.5) is 0 Å². The molecule has 1 N–H and O–H groups in total. The Bertz CT molecular complexity index is 267. The summed E-state index contributed by atoms with van der Waals surface area (Å²) < 4.78 is 0. The van der Waals surface area contributed by atoms with Gasteiger partial charge in [-0.25, -0.2) is 4.98 Å². The van der Waals surface area contributed by atoms with Crippen molar-refractivity contribution in [1.29, 1.82) is 0 Å². The van der Waals surface area contributed by atoms with Gasteiger partial charge in [0.15, 0.2) is 0 Å². The molecule has 2 nitrogen and oxygen atoms in total. The van der Waals surface area contributed by atoms with Crippen LogP contribution in [0.2, 0.25) is 0 Å². The molecule has 0 atom stereocenters. The van der Waals surface area contributed by atoms with E-state index in [0.29, 0.717) is 0 Å². The average molecular weight is 217 g/mol. The van der Waals surface area contributed by atoms with E-state index < -0.39 is 0 Å². The lowest BCUT2D eigenvalue weighted by atomic mass is 10.1. The standard InChI is InChI=1S/C9H13ClN2S/c1-9(2,12-5-3-4-10)8-11-6-7-13-8/h3-4,6-7,12H,5H2,1-2H3/b4-3+. The van der Waals surface area contributed by atoms with Crippen LogP contribution in [-0.2, 0) is 5.54 Å². The summed E-state index contributed by atoms with van der Waals surface area (Å²) in [5.41, 5.74) is 1.44. The summed E-state index contributed by atoms with van der Waals surface area (Å²) in [6, 6.07) is 0. The van der Waals surface area contributed by atoms with Crippen molar-refractivity contribution in [2.75, 3.05) is 6.54 Å². The number of halogens is 1. The van der Waals surface area contributed by atoms with Gasteiger partial charge >= 0.3 is 0 Å². The maximum atomic E-state index is 5.42. The summed E-state index contributed by atoms with van der Waals surface area (Å²) in [6.07, 6.45) is 3.69. The Morgan fingerprint density at radius 1 is 1.69 bits per heavy atom. The summed E-state index contributed by atoms with van der Waals surface area (Å²) in [4.78, 5) is 4.27. The molecule has 0 aliphatic rings. The number of hydrogen-bond acceptors (Lipinski definition) is 3. The van der Waals surface area contributed by atoms with Crippen molar-refractivity contribution in [3.63, 3.8) is 0 Å². The molecule has 0 unspecified atom stereocenters. The lowest BCUT2D eigenvalue weighted by Gasteiger charge is -2.22. The van der Waals surface area contributed by atoms with E-state index in [1.165, 1.54) is 5.54 Å². The molecule has 1 heterocycles. The van der Waals surface area contributed by atoms with E-state index in [4.69, 9.17) is 11.6 Å². The number of rotatable bonds is 4. The minimum absolute atomic E-state index is 0.0788. The third-order valence-corrected chi connectivity index (χ3v) is 2.99. The van der Waals surface area contributed by atoms with Crippen LogP contribution in [0.1, 0.15) is 18.9 Å². The number of thiazole rings is 1. The predicted octanol–water partition coefficient (Wildman–Crippen LogP) is 2.72. The fourth-order valence-electron chi connectivity index (χ4n) is 0.966. The Morgan fingerprint density at radius 3 is 3.00 bits per heavy atom. The van der Waals surface area contributed by atoms with Gasteiger partial charge < -0.3 is 5.32 Å². The first-order valence-electron chi connectivity index (χ1n) is 4.07. The molecule has 0 amide bonds. The molecule has 0 fully saturated rings. The van der Waals surface area contributed by atoms with Gasteiger partial charge in [-0.1, -0.05) is 17.7 Å². The molecule has 0 radical (unpaired) electrons. The van der Waals surface area contributed by atoms with Gasteiger partial charge in [-0.2, -0.15) is 0 Å². The monoisotopic (exact) mass is 216 g/mol. The minimum atomic E-state index is -0.0788. The highest BCUT2D eigenvalue weighted by Gasteiger charge is 2.21. The second-order valence-corrected chi connectivity index (χ2v) is 4.35. The second-order valence-electron chi connectivity index (χ2n) is 3.20. The molecule has 4 heteroatoms. The van der Waals surface area contributed by atoms with Gasteiger partial charge in [-0.15, -0.1) is 11.3 Å². The first-order chi connectivity index (χ1) is 6.17. The third-order valence-electron chi connectivity index (χ3n) is 1.72. The maximum absolute atomic E-state index is 5.42. The lowest BCUT2D eigenvalue weighted by molar-refractivity contribution is 0.423. The summed E-state index contributed by atoms with van der Waals surface area (Å²) in [5, 5.41) is 6.41. The zero-order valence-corrected chi connectivity index (χ0v) is 9.32. The van der Waals surface area contributed by atoms with Crippen molar-refractivity contribution in [1.82, 2.24) is 10.3 Å². The highest BCUT2D eigenvalue weighted by molar-refractivity contribution is 7.09. The van der Waals surface area contributed by atoms with Gasteiger partial charge in [0.2, 0.25) is 0 Å². The van der Waals surface area contributed by atoms with Crippen LogP contribution in [0.25, 0.3) is 0 Å². The highest BCUT2D eigenvalue weighted by atomic mass is 35.5. The molecule has 13 heavy (non-hydrogen) atoms. The van der Waals surface area contributed by atoms with E-state index in [1.54, 1.807) is 11.3 Å². The average Bonchev–Trinajstić information content (AvgIpc) is 2.56. The quantitative estimate of drug-likeness (QED) is 0.837. The van der Waals surface area contributed by atoms with Gasteiger partial charge in [-0.05, 0) is 13.8 Å². The van der Waals surface area contributed by atoms with E-state index in [1.807, 2.05) is 17.7 Å². The van der Waals surface area contributed by atoms with Gasteiger partial charge in [0, 0.05) is 23.7 Å². The molecule has 0 saturated carbocycles. The Balaban J connectivity index is 2.56. The molecule has 1 aromatic rings. The zero-order chi connectivity index (χ0) is 9.73. The Kier molecular flexibility index (Phi) is 3.90. The van der Waals surface area contributed by atoms with E-state index in [2.05, 4.69) is 24.1 Å². The van der Waals surface area contributed by atoms with E-state index in [-0.39, 0.29) is 5.54 Å². The number of nitrogens with zero attached hydrogens (tertiary/aromatic N) is 1. The van der Waals surface area contributed by atoms with Crippen molar-refractivity contribution >= 4 is 22.9 Å². The van der Waals surface area contributed by atoms with Crippen LogP contribution in [0.15, 0.2) is 23.2 Å². The molecule has 0 spiro atoms. The summed E-state index contributed by atoms with van der Waals surface area (Å²) >= 11 is 7.08. The van der Waals surface area contributed by atoms with Crippen LogP contribution in [0.3, 0.4) is 0 Å². The third kappa shape index (κ3) is 3.10. The number of nitrogens with one attached hydrogen (secondary N) is 1. The van der Waals surface area contributed by atoms with Crippen molar-refractivity contribution in [3.8, 4) is 0 Å². The van der Waals surface area contributed by atoms with E-state index in [0.717, 1.165) is 11.6 Å². The number of aromatic nitrogens is 1. The Labute approximate surface area is 87.6 Å². The molecule has 0 aliphatic heterocycles. The Morgan fingerprint density at radius 2 is 2.46 bits per heavy atom. The zero-order valence-electron chi connectivity index (χ0n) is 7.75. The van der Waals surface area contributed by atoms with Crippen molar-refractivity contribution in [2.45, 2.75) is 19.4 Å². The van der Waals surface area contributed by atoms with Gasteiger partial charge in [0.25, 0.3) is 0 Å². The molecule has 0 aromatic carbocycles. The fourth-order valence-corrected chi connectivity index (χ4v) is 1.79. The van der Waals surface area contributed by atoms with Crippen LogP contribution < -0.4 is 5.32 Å². The van der Waals surface area contributed by atoms with Gasteiger partial charge in [0.05, 0.1) is 5.54 Å². The fraction of sp³-hybridized carbons (Fsp3) is 0.444. The van der Waals surface area contributed by atoms with Crippen molar-refractivity contribution in [3.05, 3.63) is 28.2 Å². The molecule has 0 aliphatic carbocycles. The van der Waals surface area contributed by atoms with Crippen LogP contribution in [0.5, 0.6) is 0 Å². The molecule has 72 valence electrons.